The van der Waals surface area contributed by atoms with Gasteiger partial charge in [-0.1, -0.05) is 56.0 Å². The molecule has 4 nitrogen and oxygen atoms in total. The summed E-state index contributed by atoms with van der Waals surface area (Å²) in [6, 6.07) is 10.3. The fourth-order valence-corrected chi connectivity index (χ4v) is 4.21. The monoisotopic (exact) mass is 339 g/mol. The first-order valence-corrected chi connectivity index (χ1v) is 9.53. The van der Waals surface area contributed by atoms with Crippen molar-refractivity contribution in [1.82, 2.24) is 14.7 Å². The van der Waals surface area contributed by atoms with Crippen molar-refractivity contribution in [3.8, 4) is 11.3 Å². The highest BCUT2D eigenvalue weighted by Gasteiger charge is 2.23. The summed E-state index contributed by atoms with van der Waals surface area (Å²) < 4.78 is 2.02. The number of thiazole rings is 1. The number of nitrogens with one attached hydrogen (secondary N) is 1. The molecule has 1 saturated carbocycles. The Kier molecular flexibility index (Phi) is 4.34. The third kappa shape index (κ3) is 2.96. The van der Waals surface area contributed by atoms with Crippen LogP contribution in [0.2, 0.25) is 0 Å². The smallest absolute Gasteiger partial charge is 0.272 e. The highest BCUT2D eigenvalue weighted by atomic mass is 32.1. The Morgan fingerprint density at radius 1 is 1.12 bits per heavy atom. The molecule has 2 heterocycles. The van der Waals surface area contributed by atoms with Crippen LogP contribution in [0.25, 0.3) is 16.2 Å². The van der Waals surface area contributed by atoms with Gasteiger partial charge >= 0.3 is 0 Å². The molecule has 3 aromatic rings. The topological polar surface area (TPSA) is 46.4 Å². The van der Waals surface area contributed by atoms with Crippen LogP contribution in [-0.2, 0) is 0 Å². The molecule has 124 valence electrons. The van der Waals surface area contributed by atoms with Gasteiger partial charge in [-0.15, -0.1) is 11.3 Å². The largest absolute Gasteiger partial charge is 0.348 e. The molecule has 1 fully saturated rings. The molecular weight excluding hydrogens is 318 g/mol. The first-order valence-electron chi connectivity index (χ1n) is 8.65. The number of amides is 1. The Hall–Kier alpha value is -2.14. The highest BCUT2D eigenvalue weighted by Crippen LogP contribution is 2.28. The van der Waals surface area contributed by atoms with Gasteiger partial charge in [0.1, 0.15) is 0 Å². The van der Waals surface area contributed by atoms with Gasteiger partial charge in [-0.25, -0.2) is 4.98 Å². The number of carbonyl (C=O) groups is 1. The van der Waals surface area contributed by atoms with Crippen LogP contribution in [0.5, 0.6) is 0 Å². The molecule has 1 N–H and O–H groups in total. The SMILES string of the molecule is O=C(NC1CCCCCC1)c1nc2sccn2c1-c1ccccc1. The molecular formula is C19H21N3OS. The molecule has 2 aromatic heterocycles. The summed E-state index contributed by atoms with van der Waals surface area (Å²) >= 11 is 1.56. The molecule has 5 heteroatoms. The van der Waals surface area contributed by atoms with Crippen molar-refractivity contribution in [2.75, 3.05) is 0 Å². The summed E-state index contributed by atoms with van der Waals surface area (Å²) in [4.78, 5) is 18.4. The third-order valence-corrected chi connectivity index (χ3v) is 5.47. The highest BCUT2D eigenvalue weighted by molar-refractivity contribution is 7.15. The van der Waals surface area contributed by atoms with Gasteiger partial charge in [0.15, 0.2) is 10.7 Å². The lowest BCUT2D eigenvalue weighted by Gasteiger charge is -2.16. The van der Waals surface area contributed by atoms with E-state index in [1.165, 1.54) is 25.7 Å². The van der Waals surface area contributed by atoms with Crippen LogP contribution in [0.4, 0.5) is 0 Å². The van der Waals surface area contributed by atoms with E-state index < -0.39 is 0 Å². The maximum absolute atomic E-state index is 12.9. The zero-order valence-corrected chi connectivity index (χ0v) is 14.4. The van der Waals surface area contributed by atoms with E-state index >= 15 is 0 Å². The van der Waals surface area contributed by atoms with Crippen LogP contribution in [0.3, 0.4) is 0 Å². The molecule has 0 saturated heterocycles. The molecule has 0 radical (unpaired) electrons. The first-order chi connectivity index (χ1) is 11.8. The normalized spacial score (nSPS) is 16.2. The Labute approximate surface area is 145 Å². The van der Waals surface area contributed by atoms with Crippen LogP contribution in [-0.4, -0.2) is 21.3 Å². The third-order valence-electron chi connectivity index (χ3n) is 4.71. The van der Waals surface area contributed by atoms with E-state index in [2.05, 4.69) is 10.3 Å². The second-order valence-corrected chi connectivity index (χ2v) is 7.27. The van der Waals surface area contributed by atoms with Crippen molar-refractivity contribution >= 4 is 22.2 Å². The summed E-state index contributed by atoms with van der Waals surface area (Å²) in [7, 11) is 0. The van der Waals surface area contributed by atoms with E-state index in [0.29, 0.717) is 5.69 Å². The van der Waals surface area contributed by atoms with Gasteiger partial charge < -0.3 is 5.32 Å². The van der Waals surface area contributed by atoms with Gasteiger partial charge in [-0.05, 0) is 12.8 Å². The predicted molar refractivity (Wildman–Crippen MR) is 97.5 cm³/mol. The molecule has 4 rings (SSSR count). The minimum atomic E-state index is -0.0448. The first kappa shape index (κ1) is 15.4. The molecule has 0 spiro atoms. The lowest BCUT2D eigenvalue weighted by Crippen LogP contribution is -2.34. The Bertz CT molecular complexity index is 829. The molecule has 1 aliphatic rings. The number of aromatic nitrogens is 2. The quantitative estimate of drug-likeness (QED) is 0.713. The number of hydrogen-bond donors (Lipinski definition) is 1. The molecule has 0 atom stereocenters. The van der Waals surface area contributed by atoms with E-state index in [1.54, 1.807) is 11.3 Å². The molecule has 1 amide bonds. The van der Waals surface area contributed by atoms with E-state index in [1.807, 2.05) is 46.3 Å². The van der Waals surface area contributed by atoms with E-state index in [0.717, 1.165) is 29.1 Å². The molecule has 24 heavy (non-hydrogen) atoms. The maximum atomic E-state index is 12.9. The summed E-state index contributed by atoms with van der Waals surface area (Å²) in [5.41, 5.74) is 2.45. The van der Waals surface area contributed by atoms with Crippen LogP contribution >= 0.6 is 11.3 Å². The minimum absolute atomic E-state index is 0.0448. The predicted octanol–water partition coefficient (Wildman–Crippen LogP) is 4.52. The van der Waals surface area contributed by atoms with Crippen molar-refractivity contribution in [1.29, 1.82) is 0 Å². The van der Waals surface area contributed by atoms with Crippen LogP contribution in [0, 0.1) is 0 Å². The summed E-state index contributed by atoms with van der Waals surface area (Å²) in [6.45, 7) is 0. The number of benzene rings is 1. The molecule has 0 aliphatic heterocycles. The number of nitrogens with zero attached hydrogens (tertiary/aromatic N) is 2. The zero-order valence-electron chi connectivity index (χ0n) is 13.6. The number of hydrogen-bond acceptors (Lipinski definition) is 3. The van der Waals surface area contributed by atoms with Crippen molar-refractivity contribution in [3.05, 3.63) is 47.6 Å². The average molecular weight is 339 g/mol. The Morgan fingerprint density at radius 2 is 1.88 bits per heavy atom. The van der Waals surface area contributed by atoms with E-state index in [9.17, 15) is 4.79 Å². The molecule has 0 unspecified atom stereocenters. The average Bonchev–Trinajstić information content (AvgIpc) is 3.10. The van der Waals surface area contributed by atoms with Gasteiger partial charge in [-0.3, -0.25) is 9.20 Å². The van der Waals surface area contributed by atoms with Gasteiger partial charge in [0.2, 0.25) is 0 Å². The summed E-state index contributed by atoms with van der Waals surface area (Å²) in [5.74, 6) is -0.0448. The van der Waals surface area contributed by atoms with Gasteiger partial charge in [0.25, 0.3) is 5.91 Å². The molecule has 1 aromatic carbocycles. The standard InChI is InChI=1S/C19H21N3OS/c23-18(20-15-10-6-1-2-7-11-15)16-17(14-8-4-3-5-9-14)22-12-13-24-19(22)21-16/h3-5,8-9,12-13,15H,1-2,6-7,10-11H2,(H,20,23). The number of carbonyl (C=O) groups excluding carboxylic acids is 1. The zero-order chi connectivity index (χ0) is 16.4. The van der Waals surface area contributed by atoms with Crippen LogP contribution in [0.1, 0.15) is 49.0 Å². The summed E-state index contributed by atoms with van der Waals surface area (Å²) in [6.07, 6.45) is 9.11. The molecule has 0 bridgehead atoms. The van der Waals surface area contributed by atoms with Gasteiger partial charge in [0, 0.05) is 23.2 Å². The fourth-order valence-electron chi connectivity index (χ4n) is 3.49. The van der Waals surface area contributed by atoms with Crippen LogP contribution in [0.15, 0.2) is 41.9 Å². The lowest BCUT2D eigenvalue weighted by molar-refractivity contribution is 0.0929. The van der Waals surface area contributed by atoms with E-state index in [4.69, 9.17) is 0 Å². The number of imidazole rings is 1. The summed E-state index contributed by atoms with van der Waals surface area (Å²) in [5, 5.41) is 5.23. The fraction of sp³-hybridized carbons (Fsp3) is 0.368. The number of fused-ring (bicyclic) bond motifs is 1. The van der Waals surface area contributed by atoms with Gasteiger partial charge in [-0.2, -0.15) is 0 Å². The van der Waals surface area contributed by atoms with E-state index in [-0.39, 0.29) is 11.9 Å². The Morgan fingerprint density at radius 3 is 2.62 bits per heavy atom. The second-order valence-electron chi connectivity index (χ2n) is 6.39. The number of rotatable bonds is 3. The van der Waals surface area contributed by atoms with Crippen LogP contribution < -0.4 is 5.32 Å². The minimum Gasteiger partial charge on any atom is -0.348 e. The Balaban J connectivity index is 1.68. The maximum Gasteiger partial charge on any atom is 0.272 e. The lowest BCUT2D eigenvalue weighted by atomic mass is 10.1. The van der Waals surface area contributed by atoms with Crippen molar-refractivity contribution in [3.63, 3.8) is 0 Å². The molecule has 1 aliphatic carbocycles. The van der Waals surface area contributed by atoms with Gasteiger partial charge in [0.05, 0.1) is 5.69 Å². The van der Waals surface area contributed by atoms with Crippen molar-refractivity contribution < 1.29 is 4.79 Å². The van der Waals surface area contributed by atoms with Crippen molar-refractivity contribution in [2.45, 2.75) is 44.6 Å². The van der Waals surface area contributed by atoms with Crippen molar-refractivity contribution in [2.24, 2.45) is 0 Å². The second kappa shape index (κ2) is 6.77.